The van der Waals surface area contributed by atoms with E-state index in [4.69, 9.17) is 5.73 Å². The maximum Gasteiger partial charge on any atom is 0.128 e. The second-order valence-electron chi connectivity index (χ2n) is 4.57. The third kappa shape index (κ3) is 2.53. The number of hydrogen-bond donors (Lipinski definition) is 1. The van der Waals surface area contributed by atoms with Crippen LogP contribution in [0.3, 0.4) is 0 Å². The monoisotopic (exact) mass is 219 g/mol. The Balaban J connectivity index is 1.99. The highest BCUT2D eigenvalue weighted by Crippen LogP contribution is 2.23. The molecule has 2 heterocycles. The van der Waals surface area contributed by atoms with Gasteiger partial charge in [-0.15, -0.1) is 0 Å². The second kappa shape index (κ2) is 5.30. The predicted molar refractivity (Wildman–Crippen MR) is 67.6 cm³/mol. The minimum atomic E-state index is 0.697. The Morgan fingerprint density at radius 2 is 2.38 bits per heavy atom. The number of anilines is 1. The summed E-state index contributed by atoms with van der Waals surface area (Å²) in [5.74, 6) is 1.97. The van der Waals surface area contributed by atoms with Crippen LogP contribution in [0.2, 0.25) is 0 Å². The molecule has 0 saturated carbocycles. The first-order valence-electron chi connectivity index (χ1n) is 6.23. The van der Waals surface area contributed by atoms with Crippen LogP contribution in [0.5, 0.6) is 0 Å². The van der Waals surface area contributed by atoms with Crippen LogP contribution in [-0.4, -0.2) is 24.6 Å². The Kier molecular flexibility index (Phi) is 3.78. The molecular formula is C13H21N3. The molecule has 0 aliphatic carbocycles. The van der Waals surface area contributed by atoms with Crippen molar-refractivity contribution in [3.05, 3.63) is 23.9 Å². The first-order valence-corrected chi connectivity index (χ1v) is 6.23. The summed E-state index contributed by atoms with van der Waals surface area (Å²) in [6.07, 6.45) is 5.47. The van der Waals surface area contributed by atoms with Crippen molar-refractivity contribution in [2.45, 2.75) is 26.2 Å². The molecule has 1 aromatic heterocycles. The fraction of sp³-hybridized carbons (Fsp3) is 0.615. The molecule has 1 aromatic rings. The molecule has 88 valence electrons. The summed E-state index contributed by atoms with van der Waals surface area (Å²) in [6.45, 7) is 5.29. The Labute approximate surface area is 97.7 Å². The molecule has 3 nitrogen and oxygen atoms in total. The molecule has 0 aromatic carbocycles. The number of nitrogens with two attached hydrogens (primary N) is 1. The smallest absolute Gasteiger partial charge is 0.128 e. The molecule has 1 unspecified atom stereocenters. The normalized spacial score (nSPS) is 20.4. The largest absolute Gasteiger partial charge is 0.356 e. The highest BCUT2D eigenvalue weighted by Gasteiger charge is 2.21. The number of pyridine rings is 1. The van der Waals surface area contributed by atoms with Gasteiger partial charge in [-0.1, -0.05) is 19.4 Å². The molecule has 0 radical (unpaired) electrons. The third-order valence-corrected chi connectivity index (χ3v) is 3.43. The molecule has 1 atom stereocenters. The van der Waals surface area contributed by atoms with Crippen molar-refractivity contribution in [3.8, 4) is 0 Å². The average Bonchev–Trinajstić information content (AvgIpc) is 2.79. The minimum absolute atomic E-state index is 0.697. The van der Waals surface area contributed by atoms with Gasteiger partial charge in [0, 0.05) is 19.3 Å². The second-order valence-corrected chi connectivity index (χ2v) is 4.57. The quantitative estimate of drug-likeness (QED) is 0.840. The summed E-state index contributed by atoms with van der Waals surface area (Å²) in [7, 11) is 0. The lowest BCUT2D eigenvalue weighted by Crippen LogP contribution is -2.20. The van der Waals surface area contributed by atoms with E-state index >= 15 is 0 Å². The maximum absolute atomic E-state index is 5.52. The Bertz CT molecular complexity index is 320. The van der Waals surface area contributed by atoms with Gasteiger partial charge in [-0.25, -0.2) is 4.98 Å². The van der Waals surface area contributed by atoms with Crippen molar-refractivity contribution in [1.82, 2.24) is 4.98 Å². The van der Waals surface area contributed by atoms with Gasteiger partial charge in [-0.3, -0.25) is 0 Å². The van der Waals surface area contributed by atoms with E-state index in [9.17, 15) is 0 Å². The van der Waals surface area contributed by atoms with E-state index in [-0.39, 0.29) is 0 Å². The van der Waals surface area contributed by atoms with Gasteiger partial charge >= 0.3 is 0 Å². The van der Waals surface area contributed by atoms with Gasteiger partial charge < -0.3 is 10.6 Å². The molecule has 1 saturated heterocycles. The van der Waals surface area contributed by atoms with Gasteiger partial charge in [0.1, 0.15) is 5.82 Å². The number of nitrogens with zero attached hydrogens (tertiary/aromatic N) is 2. The van der Waals surface area contributed by atoms with Crippen molar-refractivity contribution in [3.63, 3.8) is 0 Å². The van der Waals surface area contributed by atoms with Gasteiger partial charge in [0.15, 0.2) is 0 Å². The van der Waals surface area contributed by atoms with Gasteiger partial charge in [-0.2, -0.15) is 0 Å². The van der Waals surface area contributed by atoms with E-state index in [0.29, 0.717) is 6.54 Å². The fourth-order valence-electron chi connectivity index (χ4n) is 2.29. The third-order valence-electron chi connectivity index (χ3n) is 3.43. The standard InChI is InChI=1S/C13H21N3/c1-2-11-6-8-16(10-11)13-4-3-12(5-7-14)9-15-13/h3-4,9,11H,2,5-8,10,14H2,1H3. The van der Waals surface area contributed by atoms with E-state index in [0.717, 1.165) is 24.7 Å². The van der Waals surface area contributed by atoms with Crippen LogP contribution < -0.4 is 10.6 Å². The molecule has 1 fully saturated rings. The van der Waals surface area contributed by atoms with Gasteiger partial charge in [0.05, 0.1) is 0 Å². The van der Waals surface area contributed by atoms with Crippen LogP contribution in [0.15, 0.2) is 18.3 Å². The summed E-state index contributed by atoms with van der Waals surface area (Å²) in [5.41, 5.74) is 6.75. The van der Waals surface area contributed by atoms with E-state index in [1.165, 1.54) is 24.9 Å². The first kappa shape index (κ1) is 11.4. The van der Waals surface area contributed by atoms with Crippen LogP contribution in [0.4, 0.5) is 5.82 Å². The molecular weight excluding hydrogens is 198 g/mol. The number of rotatable bonds is 4. The van der Waals surface area contributed by atoms with Gasteiger partial charge in [0.2, 0.25) is 0 Å². The van der Waals surface area contributed by atoms with Gasteiger partial charge in [0.25, 0.3) is 0 Å². The van der Waals surface area contributed by atoms with E-state index < -0.39 is 0 Å². The van der Waals surface area contributed by atoms with Crippen LogP contribution in [0.1, 0.15) is 25.3 Å². The maximum atomic E-state index is 5.52. The van der Waals surface area contributed by atoms with Gasteiger partial charge in [-0.05, 0) is 36.9 Å². The van der Waals surface area contributed by atoms with Crippen LogP contribution in [0.25, 0.3) is 0 Å². The molecule has 1 aliphatic rings. The Morgan fingerprint density at radius 3 is 2.94 bits per heavy atom. The summed E-state index contributed by atoms with van der Waals surface area (Å²) in [6, 6.07) is 4.28. The van der Waals surface area contributed by atoms with Crippen molar-refractivity contribution in [2.24, 2.45) is 11.7 Å². The van der Waals surface area contributed by atoms with Crippen molar-refractivity contribution in [1.29, 1.82) is 0 Å². The lowest BCUT2D eigenvalue weighted by atomic mass is 10.1. The zero-order valence-corrected chi connectivity index (χ0v) is 10.0. The predicted octanol–water partition coefficient (Wildman–Crippen LogP) is 1.82. The summed E-state index contributed by atoms with van der Waals surface area (Å²) < 4.78 is 0. The molecule has 0 bridgehead atoms. The summed E-state index contributed by atoms with van der Waals surface area (Å²) in [5, 5.41) is 0. The molecule has 0 amide bonds. The number of aromatic nitrogens is 1. The van der Waals surface area contributed by atoms with Crippen LogP contribution in [0, 0.1) is 5.92 Å². The lowest BCUT2D eigenvalue weighted by molar-refractivity contribution is 0.568. The van der Waals surface area contributed by atoms with Crippen molar-refractivity contribution >= 4 is 5.82 Å². The zero-order valence-electron chi connectivity index (χ0n) is 10.0. The highest BCUT2D eigenvalue weighted by molar-refractivity contribution is 5.40. The Hall–Kier alpha value is -1.09. The van der Waals surface area contributed by atoms with Crippen LogP contribution >= 0.6 is 0 Å². The topological polar surface area (TPSA) is 42.1 Å². The van der Waals surface area contributed by atoms with Crippen LogP contribution in [-0.2, 0) is 6.42 Å². The number of hydrogen-bond acceptors (Lipinski definition) is 3. The molecule has 1 aliphatic heterocycles. The average molecular weight is 219 g/mol. The Morgan fingerprint density at radius 1 is 1.50 bits per heavy atom. The molecule has 2 N–H and O–H groups in total. The molecule has 2 rings (SSSR count). The molecule has 16 heavy (non-hydrogen) atoms. The van der Waals surface area contributed by atoms with E-state index in [1.54, 1.807) is 0 Å². The summed E-state index contributed by atoms with van der Waals surface area (Å²) in [4.78, 5) is 6.91. The lowest BCUT2D eigenvalue weighted by Gasteiger charge is -2.17. The summed E-state index contributed by atoms with van der Waals surface area (Å²) >= 11 is 0. The minimum Gasteiger partial charge on any atom is -0.356 e. The van der Waals surface area contributed by atoms with Crippen molar-refractivity contribution in [2.75, 3.05) is 24.5 Å². The van der Waals surface area contributed by atoms with E-state index in [1.807, 2.05) is 6.20 Å². The molecule has 3 heteroatoms. The van der Waals surface area contributed by atoms with E-state index in [2.05, 4.69) is 28.9 Å². The molecule has 0 spiro atoms. The fourth-order valence-corrected chi connectivity index (χ4v) is 2.29. The SMILES string of the molecule is CCC1CCN(c2ccc(CCN)cn2)C1. The van der Waals surface area contributed by atoms with Crippen molar-refractivity contribution < 1.29 is 0 Å². The zero-order chi connectivity index (χ0) is 11.4. The highest BCUT2D eigenvalue weighted by atomic mass is 15.2. The first-order chi connectivity index (χ1) is 7.83.